The lowest BCUT2D eigenvalue weighted by Crippen LogP contribution is -2.18. The van der Waals surface area contributed by atoms with Crippen LogP contribution in [0.25, 0.3) is 10.1 Å². The van der Waals surface area contributed by atoms with Gasteiger partial charge in [0, 0.05) is 12.4 Å². The SMILES string of the molecule is COc1c(NC(=O)c2cc3cccc(NC(=O)c4cnccn4)c3s2)cc(C(C)(C)C)cc1NS(C)(=O)=O. The van der Waals surface area contributed by atoms with E-state index in [4.69, 9.17) is 4.74 Å². The first-order valence-electron chi connectivity index (χ1n) is 11.5. The van der Waals surface area contributed by atoms with Crippen molar-refractivity contribution in [2.24, 2.45) is 0 Å². The molecule has 4 aromatic rings. The number of nitrogens with one attached hydrogen (secondary N) is 3. The Morgan fingerprint density at radius 1 is 0.974 bits per heavy atom. The maximum absolute atomic E-state index is 13.4. The van der Waals surface area contributed by atoms with Gasteiger partial charge in [-0.05, 0) is 40.6 Å². The molecule has 0 aliphatic heterocycles. The highest BCUT2D eigenvalue weighted by atomic mass is 32.2. The number of anilines is 3. The molecular formula is C26H27N5O5S2. The average molecular weight is 554 g/mol. The lowest BCUT2D eigenvalue weighted by atomic mass is 9.86. The normalized spacial score (nSPS) is 11.7. The second-order valence-corrected chi connectivity index (χ2v) is 12.4. The van der Waals surface area contributed by atoms with Crippen molar-refractivity contribution >= 4 is 60.3 Å². The number of methoxy groups -OCH3 is 1. The third-order valence-electron chi connectivity index (χ3n) is 5.51. The molecule has 2 heterocycles. The number of hydrogen-bond acceptors (Lipinski definition) is 8. The summed E-state index contributed by atoms with van der Waals surface area (Å²) in [6, 6.07) is 10.6. The van der Waals surface area contributed by atoms with Gasteiger partial charge >= 0.3 is 0 Å². The highest BCUT2D eigenvalue weighted by molar-refractivity contribution is 7.92. The number of amides is 2. The zero-order valence-corrected chi connectivity index (χ0v) is 23.1. The van der Waals surface area contributed by atoms with Gasteiger partial charge in [0.25, 0.3) is 11.8 Å². The number of hydrogen-bond donors (Lipinski definition) is 3. The molecule has 0 bridgehead atoms. The van der Waals surface area contributed by atoms with Crippen LogP contribution in [-0.4, -0.2) is 43.6 Å². The summed E-state index contributed by atoms with van der Waals surface area (Å²) >= 11 is 1.21. The molecule has 0 radical (unpaired) electrons. The van der Waals surface area contributed by atoms with Gasteiger partial charge in [-0.2, -0.15) is 0 Å². The molecule has 10 nitrogen and oxygen atoms in total. The summed E-state index contributed by atoms with van der Waals surface area (Å²) in [6.07, 6.45) is 5.33. The second kappa shape index (κ2) is 10.4. The lowest BCUT2D eigenvalue weighted by molar-refractivity contribution is 0.101. The highest BCUT2D eigenvalue weighted by Gasteiger charge is 2.23. The molecule has 0 fully saturated rings. The monoisotopic (exact) mass is 553 g/mol. The number of sulfonamides is 1. The predicted octanol–water partition coefficient (Wildman–Crippen LogP) is 4.87. The Kier molecular flexibility index (Phi) is 7.38. The summed E-state index contributed by atoms with van der Waals surface area (Å²) in [7, 11) is -2.20. The largest absolute Gasteiger partial charge is 0.492 e. The lowest BCUT2D eigenvalue weighted by Gasteiger charge is -2.23. The molecular weight excluding hydrogens is 526 g/mol. The molecule has 0 aliphatic carbocycles. The van der Waals surface area contributed by atoms with E-state index in [1.807, 2.05) is 26.8 Å². The first-order chi connectivity index (χ1) is 17.9. The molecule has 12 heteroatoms. The molecule has 198 valence electrons. The predicted molar refractivity (Wildman–Crippen MR) is 150 cm³/mol. The van der Waals surface area contributed by atoms with Gasteiger partial charge in [0.05, 0.1) is 46.2 Å². The van der Waals surface area contributed by atoms with E-state index in [-0.39, 0.29) is 22.5 Å². The highest BCUT2D eigenvalue weighted by Crippen LogP contribution is 2.40. The van der Waals surface area contributed by atoms with E-state index in [2.05, 4.69) is 25.3 Å². The smallest absolute Gasteiger partial charge is 0.275 e. The minimum absolute atomic E-state index is 0.170. The molecule has 0 saturated heterocycles. The van der Waals surface area contributed by atoms with Crippen LogP contribution in [0.15, 0.2) is 55.0 Å². The number of carbonyl (C=O) groups excluding carboxylic acids is 2. The summed E-state index contributed by atoms with van der Waals surface area (Å²) in [5.74, 6) is -0.637. The first kappa shape index (κ1) is 27.0. The molecule has 38 heavy (non-hydrogen) atoms. The third-order valence-corrected chi connectivity index (χ3v) is 7.29. The van der Waals surface area contributed by atoms with Gasteiger partial charge < -0.3 is 15.4 Å². The van der Waals surface area contributed by atoms with Crippen LogP contribution in [0.2, 0.25) is 0 Å². The fraction of sp³-hybridized carbons (Fsp3) is 0.231. The third kappa shape index (κ3) is 6.09. The van der Waals surface area contributed by atoms with Gasteiger partial charge in [-0.25, -0.2) is 13.4 Å². The van der Waals surface area contributed by atoms with Gasteiger partial charge in [-0.3, -0.25) is 19.3 Å². The van der Waals surface area contributed by atoms with Crippen LogP contribution < -0.4 is 20.1 Å². The van der Waals surface area contributed by atoms with Crippen molar-refractivity contribution in [2.45, 2.75) is 26.2 Å². The number of rotatable bonds is 7. The topological polar surface area (TPSA) is 139 Å². The van der Waals surface area contributed by atoms with Gasteiger partial charge in [-0.15, -0.1) is 11.3 Å². The summed E-state index contributed by atoms with van der Waals surface area (Å²) in [4.78, 5) is 34.3. The van der Waals surface area contributed by atoms with Gasteiger partial charge in [0.1, 0.15) is 5.69 Å². The Morgan fingerprint density at radius 3 is 2.32 bits per heavy atom. The van der Waals surface area contributed by atoms with E-state index >= 15 is 0 Å². The number of carbonyl (C=O) groups is 2. The molecule has 0 atom stereocenters. The van der Waals surface area contributed by atoms with Crippen LogP contribution in [0, 0.1) is 0 Å². The Bertz CT molecular complexity index is 1630. The van der Waals surface area contributed by atoms with E-state index in [9.17, 15) is 18.0 Å². The molecule has 0 aliphatic rings. The fourth-order valence-corrected chi connectivity index (χ4v) is 5.28. The van der Waals surface area contributed by atoms with Crippen molar-refractivity contribution in [1.82, 2.24) is 9.97 Å². The molecule has 2 aromatic carbocycles. The van der Waals surface area contributed by atoms with Crippen LogP contribution in [0.1, 0.15) is 46.5 Å². The second-order valence-electron chi connectivity index (χ2n) is 9.56. The van der Waals surface area contributed by atoms with E-state index in [0.29, 0.717) is 21.0 Å². The first-order valence-corrected chi connectivity index (χ1v) is 14.2. The maximum Gasteiger partial charge on any atom is 0.275 e. The summed E-state index contributed by atoms with van der Waals surface area (Å²) < 4.78 is 32.7. The zero-order chi connectivity index (χ0) is 27.7. The van der Waals surface area contributed by atoms with Crippen LogP contribution >= 0.6 is 11.3 Å². The number of nitrogens with zero attached hydrogens (tertiary/aromatic N) is 2. The van der Waals surface area contributed by atoms with E-state index < -0.39 is 21.8 Å². The van der Waals surface area contributed by atoms with Crippen LogP contribution in [-0.2, 0) is 15.4 Å². The van der Waals surface area contributed by atoms with E-state index in [1.54, 1.807) is 30.3 Å². The number of thiophene rings is 1. The number of aromatic nitrogens is 2. The summed E-state index contributed by atoms with van der Waals surface area (Å²) in [5, 5.41) is 6.47. The standard InChI is InChI=1S/C26H27N5O5S2/c1-26(2,3)16-12-18(22(36-4)19(13-16)31-38(5,34)35)30-25(33)21-11-15-7-6-8-17(23(15)37-21)29-24(32)20-14-27-9-10-28-20/h6-14,31H,1-5H3,(H,29,32)(H,30,33). The van der Waals surface area contributed by atoms with Crippen molar-refractivity contribution < 1.29 is 22.7 Å². The van der Waals surface area contributed by atoms with Crippen LogP contribution in [0.3, 0.4) is 0 Å². The Balaban J connectivity index is 1.68. The van der Waals surface area contributed by atoms with E-state index in [1.165, 1.54) is 37.0 Å². The minimum Gasteiger partial charge on any atom is -0.492 e. The Morgan fingerprint density at radius 2 is 1.68 bits per heavy atom. The Labute approximate surface area is 224 Å². The minimum atomic E-state index is -3.61. The van der Waals surface area contributed by atoms with Crippen molar-refractivity contribution in [2.75, 3.05) is 28.7 Å². The van der Waals surface area contributed by atoms with Gasteiger partial charge in [0.15, 0.2) is 5.75 Å². The Hall–Kier alpha value is -4.03. The molecule has 2 amide bonds. The number of ether oxygens (including phenoxy) is 1. The van der Waals surface area contributed by atoms with Gasteiger partial charge in [0.2, 0.25) is 10.0 Å². The van der Waals surface area contributed by atoms with Crippen LogP contribution in [0.4, 0.5) is 17.1 Å². The quantitative estimate of drug-likeness (QED) is 0.297. The van der Waals surface area contributed by atoms with E-state index in [0.717, 1.165) is 17.2 Å². The van der Waals surface area contributed by atoms with Crippen molar-refractivity contribution in [1.29, 1.82) is 0 Å². The number of benzene rings is 2. The fourth-order valence-electron chi connectivity index (χ4n) is 3.71. The molecule has 0 spiro atoms. The molecule has 0 saturated carbocycles. The average Bonchev–Trinajstić information content (AvgIpc) is 3.28. The van der Waals surface area contributed by atoms with Crippen LogP contribution in [0.5, 0.6) is 5.75 Å². The summed E-state index contributed by atoms with van der Waals surface area (Å²) in [6.45, 7) is 5.94. The van der Waals surface area contributed by atoms with Crippen molar-refractivity contribution in [3.05, 3.63) is 71.1 Å². The zero-order valence-electron chi connectivity index (χ0n) is 21.4. The van der Waals surface area contributed by atoms with Crippen molar-refractivity contribution in [3.8, 4) is 5.75 Å². The maximum atomic E-state index is 13.4. The molecule has 2 aromatic heterocycles. The number of fused-ring (bicyclic) bond motifs is 1. The molecule has 0 unspecified atom stereocenters. The van der Waals surface area contributed by atoms with Gasteiger partial charge in [-0.1, -0.05) is 32.9 Å². The molecule has 3 N–H and O–H groups in total. The summed E-state index contributed by atoms with van der Waals surface area (Å²) in [5.41, 5.74) is 1.71. The molecule has 4 rings (SSSR count). The van der Waals surface area contributed by atoms with Crippen molar-refractivity contribution in [3.63, 3.8) is 0 Å².